The van der Waals surface area contributed by atoms with Crippen LogP contribution in [0, 0.1) is 0 Å². The fourth-order valence-corrected chi connectivity index (χ4v) is 3.48. The van der Waals surface area contributed by atoms with E-state index >= 15 is 0 Å². The smallest absolute Gasteiger partial charge is 0.157 e. The molecule has 1 atom stereocenters. The zero-order valence-electron chi connectivity index (χ0n) is 18.9. The van der Waals surface area contributed by atoms with Crippen molar-refractivity contribution in [3.63, 3.8) is 0 Å². The van der Waals surface area contributed by atoms with Crippen molar-refractivity contribution in [1.82, 2.24) is 0 Å². The normalized spacial score (nSPS) is 16.6. The van der Waals surface area contributed by atoms with Crippen LogP contribution in [0.4, 0.5) is 0 Å². The summed E-state index contributed by atoms with van der Waals surface area (Å²) in [5.41, 5.74) is 1.39. The molecule has 5 nitrogen and oxygen atoms in total. The van der Waals surface area contributed by atoms with Crippen molar-refractivity contribution in [3.8, 4) is 5.75 Å². The molecule has 0 radical (unpaired) electrons. The highest BCUT2D eigenvalue weighted by atomic mass is 16.7. The van der Waals surface area contributed by atoms with Crippen molar-refractivity contribution >= 4 is 0 Å². The molecule has 0 aliphatic carbocycles. The summed E-state index contributed by atoms with van der Waals surface area (Å²) in [4.78, 5) is 0. The molecule has 1 fully saturated rings. The number of unbranched alkanes of at least 4 members (excludes halogenated alkanes) is 5. The highest BCUT2D eigenvalue weighted by molar-refractivity contribution is 5.27. The van der Waals surface area contributed by atoms with E-state index in [2.05, 4.69) is 31.2 Å². The molecular formula is C25H42O5. The lowest BCUT2D eigenvalue weighted by Gasteiger charge is -2.22. The number of aryl methyl sites for hydroxylation is 1. The van der Waals surface area contributed by atoms with Crippen LogP contribution in [-0.2, 0) is 25.4 Å². The lowest BCUT2D eigenvalue weighted by atomic mass is 10.0. The summed E-state index contributed by atoms with van der Waals surface area (Å²) in [5.74, 6) is 0.906. The number of rotatable bonds is 18. The van der Waals surface area contributed by atoms with Gasteiger partial charge in [0, 0.05) is 6.61 Å². The maximum atomic E-state index is 5.74. The molecule has 0 N–H and O–H groups in total. The Bertz CT molecular complexity index is 499. The van der Waals surface area contributed by atoms with Gasteiger partial charge in [-0.15, -0.1) is 0 Å². The summed E-state index contributed by atoms with van der Waals surface area (Å²) in [7, 11) is 0. The monoisotopic (exact) mass is 422 g/mol. The van der Waals surface area contributed by atoms with Crippen LogP contribution in [0.15, 0.2) is 24.3 Å². The summed E-state index contributed by atoms with van der Waals surface area (Å²) < 4.78 is 27.9. The molecule has 2 rings (SSSR count). The van der Waals surface area contributed by atoms with Gasteiger partial charge in [0.2, 0.25) is 0 Å². The summed E-state index contributed by atoms with van der Waals surface area (Å²) in [5, 5.41) is 0. The molecule has 0 aromatic heterocycles. The Hall–Kier alpha value is -1.14. The molecule has 0 spiro atoms. The Labute approximate surface area is 183 Å². The minimum absolute atomic E-state index is 0.0413. The minimum atomic E-state index is -0.0413. The van der Waals surface area contributed by atoms with Crippen molar-refractivity contribution < 1.29 is 23.7 Å². The first kappa shape index (κ1) is 25.1. The largest absolute Gasteiger partial charge is 0.491 e. The molecular weight excluding hydrogens is 380 g/mol. The quantitative estimate of drug-likeness (QED) is 0.291. The van der Waals surface area contributed by atoms with E-state index in [1.54, 1.807) is 0 Å². The van der Waals surface area contributed by atoms with Gasteiger partial charge in [0.15, 0.2) is 6.29 Å². The van der Waals surface area contributed by atoms with E-state index in [-0.39, 0.29) is 6.29 Å². The van der Waals surface area contributed by atoms with Gasteiger partial charge in [-0.3, -0.25) is 0 Å². The Morgan fingerprint density at radius 2 is 1.50 bits per heavy atom. The number of hydrogen-bond acceptors (Lipinski definition) is 5. The van der Waals surface area contributed by atoms with Gasteiger partial charge < -0.3 is 23.7 Å². The molecule has 1 aliphatic rings. The second-order valence-corrected chi connectivity index (χ2v) is 7.90. The molecule has 1 saturated heterocycles. The van der Waals surface area contributed by atoms with Crippen LogP contribution in [0.2, 0.25) is 0 Å². The maximum absolute atomic E-state index is 5.74. The SMILES string of the molecule is CCCCCCCCc1ccc(OCCOCCOCCOC2CCCCO2)cc1. The highest BCUT2D eigenvalue weighted by Gasteiger charge is 2.13. The lowest BCUT2D eigenvalue weighted by molar-refractivity contribution is -0.169. The fourth-order valence-electron chi connectivity index (χ4n) is 3.48. The van der Waals surface area contributed by atoms with E-state index in [0.29, 0.717) is 39.6 Å². The molecule has 1 unspecified atom stereocenters. The zero-order chi connectivity index (χ0) is 21.1. The second-order valence-electron chi connectivity index (χ2n) is 7.90. The van der Waals surface area contributed by atoms with Gasteiger partial charge in [0.25, 0.3) is 0 Å². The van der Waals surface area contributed by atoms with Gasteiger partial charge in [-0.1, -0.05) is 51.2 Å². The molecule has 172 valence electrons. The van der Waals surface area contributed by atoms with Crippen LogP contribution in [0.25, 0.3) is 0 Å². The third-order valence-corrected chi connectivity index (χ3v) is 5.28. The molecule has 5 heteroatoms. The van der Waals surface area contributed by atoms with E-state index in [1.165, 1.54) is 50.5 Å². The van der Waals surface area contributed by atoms with Crippen LogP contribution >= 0.6 is 0 Å². The number of ether oxygens (including phenoxy) is 5. The van der Waals surface area contributed by atoms with Gasteiger partial charge >= 0.3 is 0 Å². The molecule has 1 aromatic rings. The van der Waals surface area contributed by atoms with Crippen molar-refractivity contribution in [2.75, 3.05) is 46.2 Å². The van der Waals surface area contributed by atoms with E-state index in [9.17, 15) is 0 Å². The Morgan fingerprint density at radius 3 is 2.23 bits per heavy atom. The van der Waals surface area contributed by atoms with Gasteiger partial charge in [-0.25, -0.2) is 0 Å². The summed E-state index contributed by atoms with van der Waals surface area (Å²) in [6.07, 6.45) is 12.5. The molecule has 1 aliphatic heterocycles. The van der Waals surface area contributed by atoms with E-state index in [1.807, 2.05) is 0 Å². The predicted molar refractivity (Wildman–Crippen MR) is 120 cm³/mol. The Kier molecular flexibility index (Phi) is 14.7. The average molecular weight is 423 g/mol. The predicted octanol–water partition coefficient (Wildman–Crippen LogP) is 5.54. The van der Waals surface area contributed by atoms with Crippen LogP contribution < -0.4 is 4.74 Å². The zero-order valence-corrected chi connectivity index (χ0v) is 18.9. The first-order valence-electron chi connectivity index (χ1n) is 12.0. The third-order valence-electron chi connectivity index (χ3n) is 5.28. The van der Waals surface area contributed by atoms with Gasteiger partial charge in [-0.05, 0) is 49.8 Å². The molecule has 1 aromatic carbocycles. The summed E-state index contributed by atoms with van der Waals surface area (Å²) in [6.45, 7) is 6.48. The van der Waals surface area contributed by atoms with Crippen LogP contribution in [0.3, 0.4) is 0 Å². The topological polar surface area (TPSA) is 46.2 Å². The first-order chi connectivity index (χ1) is 14.9. The molecule has 0 amide bonds. The van der Waals surface area contributed by atoms with E-state index in [4.69, 9.17) is 23.7 Å². The van der Waals surface area contributed by atoms with Crippen molar-refractivity contribution in [1.29, 1.82) is 0 Å². The summed E-state index contributed by atoms with van der Waals surface area (Å²) >= 11 is 0. The standard InChI is InChI=1S/C25H42O5/c1-2-3-4-5-6-7-10-23-12-14-24(15-13-23)28-21-19-26-17-18-27-20-22-30-25-11-8-9-16-29-25/h12-15,25H,2-11,16-22H2,1H3. The number of hydrogen-bond donors (Lipinski definition) is 0. The molecule has 30 heavy (non-hydrogen) atoms. The van der Waals surface area contributed by atoms with Gasteiger partial charge in [-0.2, -0.15) is 0 Å². The van der Waals surface area contributed by atoms with Crippen LogP contribution in [0.5, 0.6) is 5.75 Å². The van der Waals surface area contributed by atoms with Gasteiger partial charge in [0.1, 0.15) is 12.4 Å². The Balaban J connectivity index is 1.37. The first-order valence-corrected chi connectivity index (χ1v) is 12.0. The lowest BCUT2D eigenvalue weighted by Crippen LogP contribution is -2.24. The summed E-state index contributed by atoms with van der Waals surface area (Å²) in [6, 6.07) is 8.48. The third kappa shape index (κ3) is 12.5. The molecule has 1 heterocycles. The molecule has 0 bridgehead atoms. The van der Waals surface area contributed by atoms with Gasteiger partial charge in [0.05, 0.1) is 33.0 Å². The van der Waals surface area contributed by atoms with Crippen LogP contribution in [0.1, 0.15) is 70.3 Å². The maximum Gasteiger partial charge on any atom is 0.157 e. The van der Waals surface area contributed by atoms with E-state index in [0.717, 1.165) is 31.6 Å². The van der Waals surface area contributed by atoms with Crippen molar-refractivity contribution in [2.45, 2.75) is 77.4 Å². The van der Waals surface area contributed by atoms with Crippen LogP contribution in [-0.4, -0.2) is 52.5 Å². The number of benzene rings is 1. The average Bonchev–Trinajstić information content (AvgIpc) is 2.79. The van der Waals surface area contributed by atoms with Crippen molar-refractivity contribution in [2.24, 2.45) is 0 Å². The van der Waals surface area contributed by atoms with E-state index < -0.39 is 0 Å². The van der Waals surface area contributed by atoms with Crippen molar-refractivity contribution in [3.05, 3.63) is 29.8 Å². The minimum Gasteiger partial charge on any atom is -0.491 e. The fraction of sp³-hybridized carbons (Fsp3) is 0.760. The Morgan fingerprint density at radius 1 is 0.800 bits per heavy atom. The second kappa shape index (κ2) is 17.5. The molecule has 0 saturated carbocycles. The highest BCUT2D eigenvalue weighted by Crippen LogP contribution is 2.15.